The van der Waals surface area contributed by atoms with Gasteiger partial charge >= 0.3 is 0 Å². The van der Waals surface area contributed by atoms with Crippen molar-refractivity contribution in [3.05, 3.63) is 95.6 Å². The molecule has 190 valence electrons. The van der Waals surface area contributed by atoms with E-state index in [1.807, 2.05) is 49.4 Å². The quantitative estimate of drug-likeness (QED) is 0.379. The Bertz CT molecular complexity index is 1470. The maximum absolute atomic E-state index is 12.0. The molecule has 8 heteroatoms. The van der Waals surface area contributed by atoms with Gasteiger partial charge in [-0.15, -0.1) is 0 Å². The van der Waals surface area contributed by atoms with E-state index in [4.69, 9.17) is 16.0 Å². The molecule has 0 atom stereocenters. The minimum Gasteiger partial charge on any atom is -0.367 e. The number of pyridine rings is 1. The van der Waals surface area contributed by atoms with Crippen molar-refractivity contribution in [1.82, 2.24) is 19.9 Å². The van der Waals surface area contributed by atoms with Crippen molar-refractivity contribution < 1.29 is 4.79 Å². The molecule has 4 aromatic rings. The number of carbonyl (C=O) groups is 1. The molecule has 38 heavy (non-hydrogen) atoms. The first-order chi connectivity index (χ1) is 18.5. The van der Waals surface area contributed by atoms with Gasteiger partial charge in [0.1, 0.15) is 11.9 Å². The van der Waals surface area contributed by atoms with Crippen LogP contribution in [0.1, 0.15) is 40.3 Å². The molecule has 8 nitrogen and oxygen atoms in total. The monoisotopic (exact) mass is 503 g/mol. The number of aromatic nitrogens is 3. The number of nitrogens with two attached hydrogens (primary N) is 1. The molecule has 0 spiro atoms. The summed E-state index contributed by atoms with van der Waals surface area (Å²) >= 11 is 0. The summed E-state index contributed by atoms with van der Waals surface area (Å²) in [6.07, 6.45) is 3.61. The van der Waals surface area contributed by atoms with E-state index in [1.165, 1.54) is 5.56 Å². The molecule has 1 amide bonds. The smallest absolute Gasteiger partial charge is 0.250 e. The molecule has 0 aliphatic carbocycles. The van der Waals surface area contributed by atoms with Gasteiger partial charge in [-0.05, 0) is 43.0 Å². The molecule has 0 bridgehead atoms. The van der Waals surface area contributed by atoms with Crippen LogP contribution < -0.4 is 11.1 Å². The third-order valence-corrected chi connectivity index (χ3v) is 6.89. The Morgan fingerprint density at radius 2 is 1.79 bits per heavy atom. The number of amides is 1. The number of aryl methyl sites for hydroxylation is 1. The second-order valence-electron chi connectivity index (χ2n) is 9.52. The fourth-order valence-corrected chi connectivity index (χ4v) is 4.88. The fourth-order valence-electron chi connectivity index (χ4n) is 4.88. The summed E-state index contributed by atoms with van der Waals surface area (Å²) in [7, 11) is 0. The number of nitriles is 1. The highest BCUT2D eigenvalue weighted by atomic mass is 16.1. The largest absolute Gasteiger partial charge is 0.367 e. The molecule has 1 fully saturated rings. The van der Waals surface area contributed by atoms with Gasteiger partial charge in [0.15, 0.2) is 0 Å². The molecule has 5 rings (SSSR count). The SMILES string of the molecule is Cc1nc(-c2ccc(CN3CCC(Nc4ccnc(C#N)n4)CC3)cc2)c(-c2ccccc2)cc1C(N)=O. The number of hydrogen-bond donors (Lipinski definition) is 2. The third kappa shape index (κ3) is 5.69. The van der Waals surface area contributed by atoms with E-state index in [-0.39, 0.29) is 5.82 Å². The van der Waals surface area contributed by atoms with Gasteiger partial charge in [0.25, 0.3) is 5.91 Å². The van der Waals surface area contributed by atoms with Crippen molar-refractivity contribution in [2.75, 3.05) is 18.4 Å². The average Bonchev–Trinajstić information content (AvgIpc) is 2.95. The number of anilines is 1. The lowest BCUT2D eigenvalue weighted by molar-refractivity contribution is 0.0999. The van der Waals surface area contributed by atoms with Gasteiger partial charge in [-0.25, -0.2) is 9.97 Å². The van der Waals surface area contributed by atoms with E-state index in [0.717, 1.165) is 54.9 Å². The molecule has 1 aliphatic rings. The maximum Gasteiger partial charge on any atom is 0.250 e. The van der Waals surface area contributed by atoms with Crippen LogP contribution in [0, 0.1) is 18.3 Å². The molecule has 2 aromatic carbocycles. The van der Waals surface area contributed by atoms with Crippen LogP contribution in [0.5, 0.6) is 0 Å². The normalized spacial score (nSPS) is 14.1. The molecule has 3 heterocycles. The molecule has 3 N–H and O–H groups in total. The number of nitrogens with one attached hydrogen (secondary N) is 1. The lowest BCUT2D eigenvalue weighted by Gasteiger charge is -2.32. The number of hydrogen-bond acceptors (Lipinski definition) is 7. The Balaban J connectivity index is 1.27. The maximum atomic E-state index is 12.0. The van der Waals surface area contributed by atoms with E-state index in [1.54, 1.807) is 12.3 Å². The number of rotatable bonds is 7. The van der Waals surface area contributed by atoms with Crippen LogP contribution >= 0.6 is 0 Å². The molecule has 2 aromatic heterocycles. The first-order valence-corrected chi connectivity index (χ1v) is 12.7. The van der Waals surface area contributed by atoms with Crippen molar-refractivity contribution >= 4 is 11.7 Å². The molecule has 0 radical (unpaired) electrons. The van der Waals surface area contributed by atoms with Crippen LogP contribution in [0.4, 0.5) is 5.82 Å². The second kappa shape index (κ2) is 11.2. The van der Waals surface area contributed by atoms with E-state index >= 15 is 0 Å². The van der Waals surface area contributed by atoms with Crippen LogP contribution in [-0.4, -0.2) is 44.9 Å². The van der Waals surface area contributed by atoms with Gasteiger partial charge in [-0.3, -0.25) is 14.7 Å². The van der Waals surface area contributed by atoms with Crippen molar-refractivity contribution in [3.8, 4) is 28.5 Å². The summed E-state index contributed by atoms with van der Waals surface area (Å²) in [5, 5.41) is 12.4. The Morgan fingerprint density at radius 3 is 2.47 bits per heavy atom. The first-order valence-electron chi connectivity index (χ1n) is 12.7. The Kier molecular flexibility index (Phi) is 7.38. The zero-order valence-corrected chi connectivity index (χ0v) is 21.3. The van der Waals surface area contributed by atoms with Crippen LogP contribution in [0.3, 0.4) is 0 Å². The molecular formula is C30H29N7O. The Labute approximate surface area is 222 Å². The number of primary amides is 1. The first kappa shape index (κ1) is 25.1. The number of carbonyl (C=O) groups excluding carboxylic acids is 1. The summed E-state index contributed by atoms with van der Waals surface area (Å²) in [5.74, 6) is 0.408. The van der Waals surface area contributed by atoms with Gasteiger partial charge in [0.2, 0.25) is 5.82 Å². The van der Waals surface area contributed by atoms with Crippen molar-refractivity contribution in [2.45, 2.75) is 32.4 Å². The minimum atomic E-state index is -0.475. The Hall–Kier alpha value is -4.61. The Morgan fingerprint density at radius 1 is 1.05 bits per heavy atom. The highest BCUT2D eigenvalue weighted by Crippen LogP contribution is 2.32. The van der Waals surface area contributed by atoms with Gasteiger partial charge in [-0.1, -0.05) is 54.6 Å². The van der Waals surface area contributed by atoms with E-state index < -0.39 is 5.91 Å². The minimum absolute atomic E-state index is 0.181. The second-order valence-corrected chi connectivity index (χ2v) is 9.52. The number of benzene rings is 2. The number of piperidine rings is 1. The summed E-state index contributed by atoms with van der Waals surface area (Å²) in [4.78, 5) is 27.4. The van der Waals surface area contributed by atoms with Crippen molar-refractivity contribution in [2.24, 2.45) is 5.73 Å². The predicted molar refractivity (Wildman–Crippen MR) is 147 cm³/mol. The van der Waals surface area contributed by atoms with Gasteiger partial charge in [0.05, 0.1) is 17.0 Å². The molecule has 1 aliphatic heterocycles. The fraction of sp³-hybridized carbons (Fsp3) is 0.233. The van der Waals surface area contributed by atoms with Crippen LogP contribution in [0.2, 0.25) is 0 Å². The van der Waals surface area contributed by atoms with Gasteiger partial charge in [0, 0.05) is 43.0 Å². The summed E-state index contributed by atoms with van der Waals surface area (Å²) < 4.78 is 0. The lowest BCUT2D eigenvalue weighted by atomic mass is 9.96. The summed E-state index contributed by atoms with van der Waals surface area (Å²) in [5.41, 5.74) is 11.6. The zero-order valence-electron chi connectivity index (χ0n) is 21.3. The van der Waals surface area contributed by atoms with E-state index in [2.05, 4.69) is 44.5 Å². The highest BCUT2D eigenvalue weighted by Gasteiger charge is 2.20. The van der Waals surface area contributed by atoms with E-state index in [9.17, 15) is 4.79 Å². The molecule has 0 saturated carbocycles. The summed E-state index contributed by atoms with van der Waals surface area (Å²) in [6.45, 7) is 4.64. The highest BCUT2D eigenvalue weighted by molar-refractivity contribution is 5.97. The lowest BCUT2D eigenvalue weighted by Crippen LogP contribution is -2.38. The number of nitrogens with zero attached hydrogens (tertiary/aromatic N) is 5. The summed E-state index contributed by atoms with van der Waals surface area (Å²) in [6, 6.07) is 24.4. The zero-order chi connectivity index (χ0) is 26.5. The average molecular weight is 504 g/mol. The van der Waals surface area contributed by atoms with E-state index in [0.29, 0.717) is 23.1 Å². The standard InChI is InChI=1S/C30H29N7O/c1-20-25(30(32)38)17-26(22-5-3-2-4-6-22)29(34-20)23-9-7-21(8-10-23)19-37-15-12-24(13-16-37)35-27-11-14-33-28(18-31)36-27/h2-11,14,17,24H,12-13,15-16,19H2,1H3,(H2,32,38)(H,33,35,36). The number of likely N-dealkylation sites (tertiary alicyclic amines) is 1. The third-order valence-electron chi connectivity index (χ3n) is 6.89. The topological polar surface area (TPSA) is 121 Å². The van der Waals surface area contributed by atoms with Crippen LogP contribution in [-0.2, 0) is 6.54 Å². The van der Waals surface area contributed by atoms with Crippen molar-refractivity contribution in [1.29, 1.82) is 5.26 Å². The molecule has 0 unspecified atom stereocenters. The van der Waals surface area contributed by atoms with Crippen LogP contribution in [0.15, 0.2) is 72.9 Å². The van der Waals surface area contributed by atoms with Crippen molar-refractivity contribution in [3.63, 3.8) is 0 Å². The predicted octanol–water partition coefficient (Wildman–Crippen LogP) is 4.56. The van der Waals surface area contributed by atoms with Gasteiger partial charge < -0.3 is 11.1 Å². The molecular weight excluding hydrogens is 474 g/mol. The van der Waals surface area contributed by atoms with Crippen LogP contribution in [0.25, 0.3) is 22.4 Å². The van der Waals surface area contributed by atoms with Gasteiger partial charge in [-0.2, -0.15) is 5.26 Å². The molecule has 1 saturated heterocycles.